The number of fused-ring (bicyclic) bond motifs is 1. The van der Waals surface area contributed by atoms with Crippen LogP contribution in [-0.4, -0.2) is 40.0 Å². The first-order valence-corrected chi connectivity index (χ1v) is 7.74. The number of rotatable bonds is 3. The minimum atomic E-state index is -0.170. The SMILES string of the molecule is CC(C)N1CCC(Nc2cc3[nH]c(=O)[nH]c3cc2Br)C1. The van der Waals surface area contributed by atoms with E-state index in [0.29, 0.717) is 12.1 Å². The van der Waals surface area contributed by atoms with Gasteiger partial charge in [-0.3, -0.25) is 4.90 Å². The highest BCUT2D eigenvalue weighted by Gasteiger charge is 2.24. The molecule has 3 rings (SSSR count). The van der Waals surface area contributed by atoms with Crippen molar-refractivity contribution in [2.45, 2.75) is 32.4 Å². The Balaban J connectivity index is 1.80. The van der Waals surface area contributed by atoms with Gasteiger partial charge in [0.1, 0.15) is 0 Å². The average Bonchev–Trinajstić information content (AvgIpc) is 2.95. The number of aromatic amines is 2. The summed E-state index contributed by atoms with van der Waals surface area (Å²) in [6.07, 6.45) is 1.15. The van der Waals surface area contributed by atoms with Gasteiger partial charge in [0.05, 0.1) is 16.7 Å². The van der Waals surface area contributed by atoms with E-state index in [0.717, 1.165) is 40.7 Å². The predicted molar refractivity (Wildman–Crippen MR) is 85.4 cm³/mol. The van der Waals surface area contributed by atoms with Crippen LogP contribution in [-0.2, 0) is 0 Å². The maximum atomic E-state index is 11.3. The molecule has 1 atom stereocenters. The Hall–Kier alpha value is -1.27. The van der Waals surface area contributed by atoms with Crippen LogP contribution in [0.3, 0.4) is 0 Å². The smallest absolute Gasteiger partial charge is 0.323 e. The number of halogens is 1. The van der Waals surface area contributed by atoms with E-state index >= 15 is 0 Å². The molecule has 1 aliphatic rings. The number of H-pyrrole nitrogens is 2. The summed E-state index contributed by atoms with van der Waals surface area (Å²) in [6, 6.07) is 4.96. The van der Waals surface area contributed by atoms with E-state index in [4.69, 9.17) is 0 Å². The zero-order valence-corrected chi connectivity index (χ0v) is 13.3. The summed E-state index contributed by atoms with van der Waals surface area (Å²) in [7, 11) is 0. The molecule has 0 radical (unpaired) electrons. The maximum absolute atomic E-state index is 11.3. The van der Waals surface area contributed by atoms with Gasteiger partial charge in [0.15, 0.2) is 0 Å². The molecule has 5 nitrogen and oxygen atoms in total. The van der Waals surface area contributed by atoms with Gasteiger partial charge in [0.25, 0.3) is 0 Å². The number of anilines is 1. The van der Waals surface area contributed by atoms with E-state index in [1.807, 2.05) is 12.1 Å². The van der Waals surface area contributed by atoms with Crippen LogP contribution in [0.4, 0.5) is 5.69 Å². The summed E-state index contributed by atoms with van der Waals surface area (Å²) in [5.41, 5.74) is 2.52. The second-order valence-corrected chi connectivity index (χ2v) is 6.53. The van der Waals surface area contributed by atoms with E-state index < -0.39 is 0 Å². The fourth-order valence-corrected chi connectivity index (χ4v) is 3.22. The van der Waals surface area contributed by atoms with Crippen molar-refractivity contribution in [1.82, 2.24) is 14.9 Å². The fourth-order valence-electron chi connectivity index (χ4n) is 2.76. The van der Waals surface area contributed by atoms with Crippen molar-refractivity contribution in [2.75, 3.05) is 18.4 Å². The summed E-state index contributed by atoms with van der Waals surface area (Å²) >= 11 is 3.57. The first-order valence-electron chi connectivity index (χ1n) is 6.95. The van der Waals surface area contributed by atoms with Gasteiger partial charge in [-0.25, -0.2) is 4.79 Å². The molecule has 0 bridgehead atoms. The standard InChI is InChI=1S/C14H19BrN4O/c1-8(2)19-4-3-9(7-19)16-11-6-13-12(5-10(11)15)17-14(20)18-13/h5-6,8-9,16H,3-4,7H2,1-2H3,(H2,17,18,20). The molecular weight excluding hydrogens is 320 g/mol. The van der Waals surface area contributed by atoms with Gasteiger partial charge in [-0.1, -0.05) is 0 Å². The zero-order chi connectivity index (χ0) is 14.3. The molecule has 2 aromatic rings. The highest BCUT2D eigenvalue weighted by atomic mass is 79.9. The van der Waals surface area contributed by atoms with Crippen LogP contribution in [0.1, 0.15) is 20.3 Å². The minimum Gasteiger partial charge on any atom is -0.380 e. The molecule has 1 aliphatic heterocycles. The normalized spacial score (nSPS) is 20.1. The molecule has 1 fully saturated rings. The Morgan fingerprint density at radius 3 is 2.70 bits per heavy atom. The summed E-state index contributed by atoms with van der Waals surface area (Å²) in [4.78, 5) is 19.4. The Kier molecular flexibility index (Phi) is 3.60. The van der Waals surface area contributed by atoms with E-state index in [1.165, 1.54) is 0 Å². The number of benzene rings is 1. The van der Waals surface area contributed by atoms with Crippen LogP contribution >= 0.6 is 15.9 Å². The first kappa shape index (κ1) is 13.7. The molecule has 0 aliphatic carbocycles. The Labute approximate surface area is 125 Å². The van der Waals surface area contributed by atoms with E-state index in [-0.39, 0.29) is 5.69 Å². The third-order valence-corrected chi connectivity index (χ3v) is 4.57. The molecule has 0 saturated carbocycles. The lowest BCUT2D eigenvalue weighted by atomic mass is 10.2. The lowest BCUT2D eigenvalue weighted by Crippen LogP contribution is -2.31. The van der Waals surface area contributed by atoms with Crippen molar-refractivity contribution >= 4 is 32.7 Å². The van der Waals surface area contributed by atoms with Gasteiger partial charge in [-0.05, 0) is 48.3 Å². The van der Waals surface area contributed by atoms with Gasteiger partial charge >= 0.3 is 5.69 Å². The lowest BCUT2D eigenvalue weighted by molar-refractivity contribution is 0.274. The van der Waals surface area contributed by atoms with Gasteiger partial charge in [0, 0.05) is 29.6 Å². The molecule has 20 heavy (non-hydrogen) atoms. The second kappa shape index (κ2) is 5.26. The molecule has 1 saturated heterocycles. The summed E-state index contributed by atoms with van der Waals surface area (Å²) < 4.78 is 0.975. The molecule has 0 amide bonds. The summed E-state index contributed by atoms with van der Waals surface area (Å²) in [5, 5.41) is 3.57. The highest BCUT2D eigenvalue weighted by molar-refractivity contribution is 9.10. The number of hydrogen-bond acceptors (Lipinski definition) is 3. The maximum Gasteiger partial charge on any atom is 0.323 e. The lowest BCUT2D eigenvalue weighted by Gasteiger charge is -2.21. The average molecular weight is 339 g/mol. The van der Waals surface area contributed by atoms with Crippen molar-refractivity contribution < 1.29 is 0 Å². The van der Waals surface area contributed by atoms with Crippen LogP contribution < -0.4 is 11.0 Å². The molecule has 0 spiro atoms. The number of nitrogens with one attached hydrogen (secondary N) is 3. The van der Waals surface area contributed by atoms with Crippen LogP contribution in [0.15, 0.2) is 21.4 Å². The third-order valence-electron chi connectivity index (χ3n) is 3.91. The van der Waals surface area contributed by atoms with Crippen LogP contribution in [0.5, 0.6) is 0 Å². The van der Waals surface area contributed by atoms with Gasteiger partial charge in [0.2, 0.25) is 0 Å². The largest absolute Gasteiger partial charge is 0.380 e. The monoisotopic (exact) mass is 338 g/mol. The number of aromatic nitrogens is 2. The van der Waals surface area contributed by atoms with Gasteiger partial charge < -0.3 is 15.3 Å². The highest BCUT2D eigenvalue weighted by Crippen LogP contribution is 2.28. The molecular formula is C14H19BrN4O. The molecule has 1 aromatic heterocycles. The van der Waals surface area contributed by atoms with E-state index in [9.17, 15) is 4.79 Å². The molecule has 2 heterocycles. The Morgan fingerprint density at radius 2 is 2.05 bits per heavy atom. The summed E-state index contributed by atoms with van der Waals surface area (Å²) in [5.74, 6) is 0. The van der Waals surface area contributed by atoms with Gasteiger partial charge in [-0.2, -0.15) is 0 Å². The number of nitrogens with zero attached hydrogens (tertiary/aromatic N) is 1. The molecule has 3 N–H and O–H groups in total. The van der Waals surface area contributed by atoms with Gasteiger partial charge in [-0.15, -0.1) is 0 Å². The Morgan fingerprint density at radius 1 is 1.35 bits per heavy atom. The van der Waals surface area contributed by atoms with Crippen LogP contribution in [0, 0.1) is 0 Å². The van der Waals surface area contributed by atoms with E-state index in [1.54, 1.807) is 0 Å². The van der Waals surface area contributed by atoms with E-state index in [2.05, 4.69) is 50.0 Å². The first-order chi connectivity index (χ1) is 9.52. The second-order valence-electron chi connectivity index (χ2n) is 5.68. The molecule has 1 unspecified atom stereocenters. The minimum absolute atomic E-state index is 0.170. The third kappa shape index (κ3) is 2.62. The quantitative estimate of drug-likeness (QED) is 0.805. The fraction of sp³-hybridized carbons (Fsp3) is 0.500. The predicted octanol–water partition coefficient (Wildman–Crippen LogP) is 2.51. The van der Waals surface area contributed by atoms with Crippen LogP contribution in [0.25, 0.3) is 11.0 Å². The van der Waals surface area contributed by atoms with Crippen LogP contribution in [0.2, 0.25) is 0 Å². The number of likely N-dealkylation sites (tertiary alicyclic amines) is 1. The molecule has 1 aromatic carbocycles. The van der Waals surface area contributed by atoms with Crippen molar-refractivity contribution in [3.8, 4) is 0 Å². The Bertz CT molecular complexity index is 675. The van der Waals surface area contributed by atoms with Crippen molar-refractivity contribution in [2.24, 2.45) is 0 Å². The zero-order valence-electron chi connectivity index (χ0n) is 11.7. The van der Waals surface area contributed by atoms with Crippen molar-refractivity contribution in [3.63, 3.8) is 0 Å². The van der Waals surface area contributed by atoms with Crippen molar-refractivity contribution in [1.29, 1.82) is 0 Å². The number of imidazole rings is 1. The van der Waals surface area contributed by atoms with Crippen molar-refractivity contribution in [3.05, 3.63) is 27.1 Å². The topological polar surface area (TPSA) is 63.9 Å². The number of hydrogen-bond donors (Lipinski definition) is 3. The molecule has 108 valence electrons. The molecule has 6 heteroatoms. The summed E-state index contributed by atoms with van der Waals surface area (Å²) in [6.45, 7) is 6.66.